The molecule has 0 saturated heterocycles. The number of fused-ring (bicyclic) bond motifs is 1. The van der Waals surface area contributed by atoms with Crippen LogP contribution in [0.4, 0.5) is 0 Å². The molecule has 0 saturated carbocycles. The van der Waals surface area contributed by atoms with Gasteiger partial charge >= 0.3 is 0 Å². The van der Waals surface area contributed by atoms with Crippen molar-refractivity contribution in [2.45, 2.75) is 45.7 Å². The molecule has 1 unspecified atom stereocenters. The van der Waals surface area contributed by atoms with Crippen molar-refractivity contribution >= 4 is 5.91 Å². The Balaban J connectivity index is 1.92. The highest BCUT2D eigenvalue weighted by Gasteiger charge is 2.27. The summed E-state index contributed by atoms with van der Waals surface area (Å²) in [5, 5.41) is 7.77. The van der Waals surface area contributed by atoms with Gasteiger partial charge in [0.2, 0.25) is 5.91 Å². The first-order valence-electron chi connectivity index (χ1n) is 7.52. The van der Waals surface area contributed by atoms with E-state index in [1.165, 1.54) is 16.8 Å². The Labute approximate surface area is 125 Å². The van der Waals surface area contributed by atoms with Crippen molar-refractivity contribution in [2.24, 2.45) is 0 Å². The molecule has 21 heavy (non-hydrogen) atoms. The predicted octanol–water partition coefficient (Wildman–Crippen LogP) is 2.75. The molecular formula is C17H21N3O. The molecule has 1 heterocycles. The third kappa shape index (κ3) is 2.84. The highest BCUT2D eigenvalue weighted by molar-refractivity contribution is 5.73. The maximum atomic E-state index is 11.4. The fourth-order valence-corrected chi connectivity index (χ4v) is 3.25. The number of rotatable bonds is 3. The summed E-state index contributed by atoms with van der Waals surface area (Å²) in [5.74, 6) is 0.0306. The molecule has 0 bridgehead atoms. The largest absolute Gasteiger partial charge is 0.349 e. The zero-order valence-corrected chi connectivity index (χ0v) is 12.6. The van der Waals surface area contributed by atoms with Gasteiger partial charge in [-0.3, -0.25) is 9.48 Å². The average molecular weight is 283 g/mol. The van der Waals surface area contributed by atoms with E-state index in [9.17, 15) is 4.79 Å². The summed E-state index contributed by atoms with van der Waals surface area (Å²) < 4.78 is 2.11. The van der Waals surface area contributed by atoms with Crippen LogP contribution in [0.5, 0.6) is 0 Å². The quantitative estimate of drug-likeness (QED) is 0.941. The summed E-state index contributed by atoms with van der Waals surface area (Å²) in [5.41, 5.74) is 4.80. The molecule has 0 aliphatic heterocycles. The average Bonchev–Trinajstić information content (AvgIpc) is 2.77. The maximum Gasteiger partial charge on any atom is 0.217 e. The number of hydrogen-bond donors (Lipinski definition) is 1. The third-order valence-corrected chi connectivity index (χ3v) is 4.09. The van der Waals surface area contributed by atoms with Crippen LogP contribution < -0.4 is 5.32 Å². The lowest BCUT2D eigenvalue weighted by atomic mass is 9.91. The Morgan fingerprint density at radius 3 is 2.86 bits per heavy atom. The van der Waals surface area contributed by atoms with Crippen LogP contribution in [0.3, 0.4) is 0 Å². The molecule has 4 nitrogen and oxygen atoms in total. The van der Waals surface area contributed by atoms with Crippen molar-refractivity contribution in [3.63, 3.8) is 0 Å². The van der Waals surface area contributed by atoms with Gasteiger partial charge < -0.3 is 5.32 Å². The Hall–Kier alpha value is -2.10. The van der Waals surface area contributed by atoms with Gasteiger partial charge in [0.15, 0.2) is 0 Å². The van der Waals surface area contributed by atoms with Crippen LogP contribution in [-0.2, 0) is 17.8 Å². The first-order valence-corrected chi connectivity index (χ1v) is 7.52. The van der Waals surface area contributed by atoms with Gasteiger partial charge in [0.25, 0.3) is 0 Å². The predicted molar refractivity (Wildman–Crippen MR) is 82.0 cm³/mol. The molecule has 1 N–H and O–H groups in total. The van der Waals surface area contributed by atoms with Gasteiger partial charge in [0, 0.05) is 18.2 Å². The van der Waals surface area contributed by atoms with Gasteiger partial charge in [-0.2, -0.15) is 5.10 Å². The number of carbonyl (C=O) groups is 1. The summed E-state index contributed by atoms with van der Waals surface area (Å²) in [6.07, 6.45) is 3.14. The molecule has 0 radical (unpaired) electrons. The molecule has 1 atom stereocenters. The van der Waals surface area contributed by atoms with E-state index in [-0.39, 0.29) is 11.9 Å². The minimum Gasteiger partial charge on any atom is -0.349 e. The van der Waals surface area contributed by atoms with E-state index in [0.29, 0.717) is 0 Å². The summed E-state index contributed by atoms with van der Waals surface area (Å²) in [6, 6.07) is 10.5. The van der Waals surface area contributed by atoms with Crippen molar-refractivity contribution < 1.29 is 4.79 Å². The van der Waals surface area contributed by atoms with Crippen molar-refractivity contribution in [3.05, 3.63) is 52.8 Å². The number of amides is 1. The second-order valence-electron chi connectivity index (χ2n) is 5.73. The zero-order valence-electron chi connectivity index (χ0n) is 12.6. The number of nitrogens with zero attached hydrogens (tertiary/aromatic N) is 2. The fraction of sp³-hybridized carbons (Fsp3) is 0.412. The Morgan fingerprint density at radius 1 is 1.38 bits per heavy atom. The summed E-state index contributed by atoms with van der Waals surface area (Å²) in [7, 11) is 0. The molecule has 0 fully saturated rings. The Kier molecular flexibility index (Phi) is 3.78. The standard InChI is InChI=1S/C17H21N3O/c1-12-17-15(18-13(2)21)9-6-10-16(17)20(19-12)11-14-7-4-3-5-8-14/h3-5,7-8,15H,6,9-11H2,1-2H3,(H,18,21). The number of nitrogens with one attached hydrogen (secondary N) is 1. The highest BCUT2D eigenvalue weighted by atomic mass is 16.1. The second-order valence-corrected chi connectivity index (χ2v) is 5.73. The van der Waals surface area contributed by atoms with Gasteiger partial charge in [-0.25, -0.2) is 0 Å². The highest BCUT2D eigenvalue weighted by Crippen LogP contribution is 2.32. The van der Waals surface area contributed by atoms with E-state index < -0.39 is 0 Å². The van der Waals surface area contributed by atoms with Crippen molar-refractivity contribution in [1.82, 2.24) is 15.1 Å². The number of hydrogen-bond acceptors (Lipinski definition) is 2. The molecule has 1 aliphatic rings. The van der Waals surface area contributed by atoms with Gasteiger partial charge in [0.05, 0.1) is 18.3 Å². The van der Waals surface area contributed by atoms with Crippen molar-refractivity contribution in [3.8, 4) is 0 Å². The van der Waals surface area contributed by atoms with E-state index >= 15 is 0 Å². The smallest absolute Gasteiger partial charge is 0.217 e. The molecule has 1 aromatic heterocycles. The minimum atomic E-state index is 0.0306. The number of benzene rings is 1. The third-order valence-electron chi connectivity index (χ3n) is 4.09. The second kappa shape index (κ2) is 5.72. The first-order chi connectivity index (χ1) is 10.1. The van der Waals surface area contributed by atoms with Crippen LogP contribution in [0.1, 0.15) is 48.3 Å². The van der Waals surface area contributed by atoms with Crippen LogP contribution in [0.2, 0.25) is 0 Å². The molecule has 3 rings (SSSR count). The lowest BCUT2D eigenvalue weighted by molar-refractivity contribution is -0.119. The normalized spacial score (nSPS) is 17.3. The molecule has 1 amide bonds. The van der Waals surface area contributed by atoms with Crippen LogP contribution in [0, 0.1) is 6.92 Å². The molecule has 0 spiro atoms. The van der Waals surface area contributed by atoms with Gasteiger partial charge in [-0.1, -0.05) is 30.3 Å². The fourth-order valence-electron chi connectivity index (χ4n) is 3.25. The summed E-state index contributed by atoms with van der Waals surface area (Å²) in [6.45, 7) is 4.42. The van der Waals surface area contributed by atoms with E-state index in [0.717, 1.165) is 31.5 Å². The van der Waals surface area contributed by atoms with E-state index in [2.05, 4.69) is 34.3 Å². The summed E-state index contributed by atoms with van der Waals surface area (Å²) in [4.78, 5) is 11.4. The molecule has 110 valence electrons. The van der Waals surface area contributed by atoms with Crippen LogP contribution in [-0.4, -0.2) is 15.7 Å². The number of aryl methyl sites for hydroxylation is 1. The number of carbonyl (C=O) groups excluding carboxylic acids is 1. The molecule has 1 aliphatic carbocycles. The topological polar surface area (TPSA) is 46.9 Å². The lowest BCUT2D eigenvalue weighted by Crippen LogP contribution is -2.29. The van der Waals surface area contributed by atoms with Crippen LogP contribution in [0.25, 0.3) is 0 Å². The Bertz CT molecular complexity index is 646. The van der Waals surface area contributed by atoms with Gasteiger partial charge in [-0.15, -0.1) is 0 Å². The van der Waals surface area contributed by atoms with Crippen molar-refractivity contribution in [2.75, 3.05) is 0 Å². The van der Waals surface area contributed by atoms with Crippen LogP contribution in [0.15, 0.2) is 30.3 Å². The monoisotopic (exact) mass is 283 g/mol. The van der Waals surface area contributed by atoms with Crippen LogP contribution >= 0.6 is 0 Å². The maximum absolute atomic E-state index is 11.4. The minimum absolute atomic E-state index is 0.0306. The first kappa shape index (κ1) is 13.9. The van der Waals surface area contributed by atoms with Gasteiger partial charge in [0.1, 0.15) is 0 Å². The zero-order chi connectivity index (χ0) is 14.8. The van der Waals surface area contributed by atoms with Gasteiger partial charge in [-0.05, 0) is 31.7 Å². The molecule has 2 aromatic rings. The van der Waals surface area contributed by atoms with E-state index in [4.69, 9.17) is 5.10 Å². The molecular weight excluding hydrogens is 262 g/mol. The summed E-state index contributed by atoms with van der Waals surface area (Å²) >= 11 is 0. The molecule has 4 heteroatoms. The SMILES string of the molecule is CC(=O)NC1CCCc2c1c(C)nn2Cc1ccccc1. The van der Waals surface area contributed by atoms with E-state index in [1.807, 2.05) is 13.0 Å². The molecule has 1 aromatic carbocycles. The Morgan fingerprint density at radius 2 is 2.14 bits per heavy atom. The lowest BCUT2D eigenvalue weighted by Gasteiger charge is -2.24. The van der Waals surface area contributed by atoms with E-state index in [1.54, 1.807) is 6.92 Å². The van der Waals surface area contributed by atoms with Crippen molar-refractivity contribution in [1.29, 1.82) is 0 Å². The number of aromatic nitrogens is 2.